The molecule has 1 saturated carbocycles. The van der Waals surface area contributed by atoms with Gasteiger partial charge in [0.1, 0.15) is 11.5 Å². The van der Waals surface area contributed by atoms with Crippen LogP contribution < -0.4 is 10.2 Å². The third-order valence-electron chi connectivity index (χ3n) is 4.49. The molecule has 2 aromatic carbocycles. The molecule has 1 atom stereocenters. The lowest BCUT2D eigenvalue weighted by Gasteiger charge is -2.29. The third kappa shape index (κ3) is 4.48. The van der Waals surface area contributed by atoms with Crippen LogP contribution in [0, 0.1) is 5.41 Å². The van der Waals surface area contributed by atoms with Gasteiger partial charge in [0.2, 0.25) is 0 Å². The molecule has 26 heavy (non-hydrogen) atoms. The second-order valence-corrected chi connectivity index (χ2v) is 7.66. The van der Waals surface area contributed by atoms with Crippen LogP contribution in [0.2, 0.25) is 0 Å². The lowest BCUT2D eigenvalue weighted by molar-refractivity contribution is -0.127. The average Bonchev–Trinajstić information content (AvgIpc) is 2.57. The number of amides is 1. The number of hydrogen-bond acceptors (Lipinski definition) is 4. The molecule has 3 rings (SSSR count). The molecule has 0 aromatic heterocycles. The fourth-order valence-electron chi connectivity index (χ4n) is 3.30. The zero-order chi connectivity index (χ0) is 18.7. The fraction of sp³-hybridized carbons (Fsp3) is 0.381. The number of hydrogen-bond donors (Lipinski definition) is 1. The largest absolute Gasteiger partial charge is 0.481 e. The summed E-state index contributed by atoms with van der Waals surface area (Å²) in [7, 11) is 0. The standard InChI is InChI=1S/C21H24N2O3/c1-14(26-19-9-8-15-6-4-5-7-16(15)10-19)20(25)23-22-17-11-18(24)13-21(2,3)12-17/h4-10,14H,11-13H2,1-3H3,(H,23,25)/b22-17-/t14-/m0/s1. The molecule has 1 amide bonds. The van der Waals surface area contributed by atoms with Crippen LogP contribution >= 0.6 is 0 Å². The van der Waals surface area contributed by atoms with E-state index in [0.717, 1.165) is 16.5 Å². The summed E-state index contributed by atoms with van der Waals surface area (Å²) in [5.41, 5.74) is 3.15. The zero-order valence-corrected chi connectivity index (χ0v) is 15.4. The van der Waals surface area contributed by atoms with E-state index in [9.17, 15) is 9.59 Å². The number of ketones is 1. The molecular formula is C21H24N2O3. The van der Waals surface area contributed by atoms with E-state index in [1.165, 1.54) is 0 Å². The van der Waals surface area contributed by atoms with E-state index < -0.39 is 6.10 Å². The first kappa shape index (κ1) is 18.1. The number of Topliss-reactive ketones (excluding diaryl/α,β-unsaturated/α-hetero) is 1. The Morgan fingerprint density at radius 1 is 1.15 bits per heavy atom. The second-order valence-electron chi connectivity index (χ2n) is 7.66. The Labute approximate surface area is 153 Å². The molecule has 0 aliphatic heterocycles. The highest BCUT2D eigenvalue weighted by molar-refractivity contribution is 6.05. The highest BCUT2D eigenvalue weighted by atomic mass is 16.5. The van der Waals surface area contributed by atoms with Crippen LogP contribution in [-0.2, 0) is 9.59 Å². The normalized spacial score (nSPS) is 19.3. The molecule has 1 N–H and O–H groups in total. The van der Waals surface area contributed by atoms with Gasteiger partial charge in [0.15, 0.2) is 6.10 Å². The molecule has 0 saturated heterocycles. The summed E-state index contributed by atoms with van der Waals surface area (Å²) in [6.07, 6.45) is 0.886. The summed E-state index contributed by atoms with van der Waals surface area (Å²) in [6, 6.07) is 13.7. The van der Waals surface area contributed by atoms with Gasteiger partial charge in [-0.05, 0) is 41.7 Å². The van der Waals surface area contributed by atoms with Gasteiger partial charge in [0.25, 0.3) is 5.91 Å². The number of fused-ring (bicyclic) bond motifs is 1. The summed E-state index contributed by atoms with van der Waals surface area (Å²) >= 11 is 0. The number of rotatable bonds is 4. The predicted octanol–water partition coefficient (Wildman–Crippen LogP) is 3.86. The van der Waals surface area contributed by atoms with Crippen molar-refractivity contribution in [3.05, 3.63) is 42.5 Å². The van der Waals surface area contributed by atoms with E-state index in [-0.39, 0.29) is 17.1 Å². The van der Waals surface area contributed by atoms with Crippen molar-refractivity contribution in [3.63, 3.8) is 0 Å². The predicted molar refractivity (Wildman–Crippen MR) is 102 cm³/mol. The molecule has 1 fully saturated rings. The first-order valence-corrected chi connectivity index (χ1v) is 8.85. The van der Waals surface area contributed by atoms with E-state index in [1.54, 1.807) is 6.92 Å². The Hall–Kier alpha value is -2.69. The molecule has 0 heterocycles. The lowest BCUT2D eigenvalue weighted by atomic mass is 9.76. The van der Waals surface area contributed by atoms with Crippen LogP contribution in [0.3, 0.4) is 0 Å². The molecule has 1 aliphatic carbocycles. The topological polar surface area (TPSA) is 67.8 Å². The van der Waals surface area contributed by atoms with Crippen molar-refractivity contribution in [2.45, 2.75) is 46.1 Å². The molecular weight excluding hydrogens is 328 g/mol. The van der Waals surface area contributed by atoms with Crippen molar-refractivity contribution in [2.75, 3.05) is 0 Å². The minimum atomic E-state index is -0.687. The Morgan fingerprint density at radius 2 is 1.88 bits per heavy atom. The first-order valence-electron chi connectivity index (χ1n) is 8.85. The monoisotopic (exact) mass is 352 g/mol. The molecule has 2 aromatic rings. The van der Waals surface area contributed by atoms with Crippen LogP contribution in [0.15, 0.2) is 47.6 Å². The van der Waals surface area contributed by atoms with Gasteiger partial charge in [0, 0.05) is 18.6 Å². The Bertz CT molecular complexity index is 870. The quantitative estimate of drug-likeness (QED) is 0.850. The molecule has 0 unspecified atom stereocenters. The van der Waals surface area contributed by atoms with E-state index in [4.69, 9.17) is 4.74 Å². The highest BCUT2D eigenvalue weighted by Gasteiger charge is 2.30. The van der Waals surface area contributed by atoms with Gasteiger partial charge in [-0.25, -0.2) is 5.43 Å². The Morgan fingerprint density at radius 3 is 2.62 bits per heavy atom. The number of carbonyl (C=O) groups is 2. The maximum atomic E-state index is 12.3. The van der Waals surface area contributed by atoms with Crippen molar-refractivity contribution in [2.24, 2.45) is 10.5 Å². The molecule has 5 heteroatoms. The summed E-state index contributed by atoms with van der Waals surface area (Å²) in [6.45, 7) is 5.75. The SMILES string of the molecule is C[C@H](Oc1ccc2ccccc2c1)C(=O)N/N=C1/CC(=O)CC(C)(C)C1. The highest BCUT2D eigenvalue weighted by Crippen LogP contribution is 2.31. The number of benzene rings is 2. The van der Waals surface area contributed by atoms with Crippen LogP contribution in [-0.4, -0.2) is 23.5 Å². The van der Waals surface area contributed by atoms with Crippen molar-refractivity contribution in [1.82, 2.24) is 5.43 Å². The van der Waals surface area contributed by atoms with Gasteiger partial charge in [-0.3, -0.25) is 9.59 Å². The van der Waals surface area contributed by atoms with Crippen LogP contribution in [0.25, 0.3) is 10.8 Å². The maximum Gasteiger partial charge on any atom is 0.280 e. The molecule has 0 spiro atoms. The van der Waals surface area contributed by atoms with E-state index >= 15 is 0 Å². The van der Waals surface area contributed by atoms with Gasteiger partial charge in [-0.1, -0.05) is 44.2 Å². The zero-order valence-electron chi connectivity index (χ0n) is 15.4. The van der Waals surface area contributed by atoms with E-state index in [0.29, 0.717) is 25.0 Å². The maximum absolute atomic E-state index is 12.3. The van der Waals surface area contributed by atoms with Crippen LogP contribution in [0.4, 0.5) is 0 Å². The molecule has 1 aliphatic rings. The fourth-order valence-corrected chi connectivity index (χ4v) is 3.30. The van der Waals surface area contributed by atoms with Gasteiger partial charge in [-0.2, -0.15) is 5.10 Å². The van der Waals surface area contributed by atoms with Gasteiger partial charge in [0.05, 0.1) is 0 Å². The second kappa shape index (κ2) is 7.28. The van der Waals surface area contributed by atoms with Crippen molar-refractivity contribution >= 4 is 28.2 Å². The lowest BCUT2D eigenvalue weighted by Crippen LogP contribution is -2.36. The summed E-state index contributed by atoms with van der Waals surface area (Å²) in [5.74, 6) is 0.462. The molecule has 5 nitrogen and oxygen atoms in total. The molecule has 0 bridgehead atoms. The molecule has 0 radical (unpaired) electrons. The van der Waals surface area contributed by atoms with E-state index in [1.807, 2.05) is 56.3 Å². The molecule has 136 valence electrons. The number of carbonyl (C=O) groups excluding carboxylic acids is 2. The van der Waals surface area contributed by atoms with Crippen molar-refractivity contribution in [3.8, 4) is 5.75 Å². The van der Waals surface area contributed by atoms with Gasteiger partial charge < -0.3 is 4.74 Å². The summed E-state index contributed by atoms with van der Waals surface area (Å²) in [4.78, 5) is 24.1. The summed E-state index contributed by atoms with van der Waals surface area (Å²) < 4.78 is 5.74. The minimum Gasteiger partial charge on any atom is -0.481 e. The average molecular weight is 352 g/mol. The number of nitrogens with zero attached hydrogens (tertiary/aromatic N) is 1. The summed E-state index contributed by atoms with van der Waals surface area (Å²) in [5, 5.41) is 6.33. The van der Waals surface area contributed by atoms with Gasteiger partial charge in [-0.15, -0.1) is 0 Å². The Balaban J connectivity index is 1.62. The Kier molecular flexibility index (Phi) is 5.07. The smallest absolute Gasteiger partial charge is 0.280 e. The van der Waals surface area contributed by atoms with Crippen molar-refractivity contribution in [1.29, 1.82) is 0 Å². The number of ether oxygens (including phenoxy) is 1. The third-order valence-corrected chi connectivity index (χ3v) is 4.49. The van der Waals surface area contributed by atoms with E-state index in [2.05, 4.69) is 10.5 Å². The number of hydrazone groups is 1. The van der Waals surface area contributed by atoms with Crippen LogP contribution in [0.1, 0.15) is 40.0 Å². The number of nitrogens with one attached hydrogen (secondary N) is 1. The first-order chi connectivity index (χ1) is 12.3. The van der Waals surface area contributed by atoms with Crippen LogP contribution in [0.5, 0.6) is 5.75 Å². The van der Waals surface area contributed by atoms with Crippen molar-refractivity contribution < 1.29 is 14.3 Å². The minimum absolute atomic E-state index is 0.105. The van der Waals surface area contributed by atoms with Gasteiger partial charge >= 0.3 is 0 Å².